The molecule has 6 heteroatoms. The zero-order valence-corrected chi connectivity index (χ0v) is 21.9. The van der Waals surface area contributed by atoms with Crippen molar-refractivity contribution in [2.24, 2.45) is 0 Å². The summed E-state index contributed by atoms with van der Waals surface area (Å²) in [5, 5.41) is 3.95. The van der Waals surface area contributed by atoms with Gasteiger partial charge >= 0.3 is 0 Å². The van der Waals surface area contributed by atoms with Crippen molar-refractivity contribution >= 4 is 35.0 Å². The Hall–Kier alpha value is -2.82. The second-order valence-corrected chi connectivity index (χ2v) is 9.77. The summed E-state index contributed by atoms with van der Waals surface area (Å²) in [6, 6.07) is 22.3. The van der Waals surface area contributed by atoms with Gasteiger partial charge in [0.2, 0.25) is 11.8 Å². The molecule has 4 nitrogen and oxygen atoms in total. The monoisotopic (exact) mass is 510 g/mol. The molecule has 3 aromatic carbocycles. The average Bonchev–Trinajstić information content (AvgIpc) is 2.85. The molecule has 0 aromatic heterocycles. The lowest BCUT2D eigenvalue weighted by atomic mass is 10.0. The molecule has 3 aromatic rings. The number of nitrogens with one attached hydrogen (secondary N) is 1. The molecule has 0 saturated heterocycles. The van der Waals surface area contributed by atoms with Gasteiger partial charge in [-0.1, -0.05) is 96.4 Å². The van der Waals surface area contributed by atoms with Crippen LogP contribution in [0.2, 0.25) is 10.0 Å². The summed E-state index contributed by atoms with van der Waals surface area (Å²) in [5.74, 6) is -0.291. The number of rotatable bonds is 10. The zero-order valence-electron chi connectivity index (χ0n) is 20.4. The first kappa shape index (κ1) is 26.8. The predicted octanol–water partition coefficient (Wildman–Crippen LogP) is 6.40. The molecule has 184 valence electrons. The molecule has 0 spiro atoms. The molecule has 0 fully saturated rings. The van der Waals surface area contributed by atoms with Crippen molar-refractivity contribution in [3.05, 3.63) is 105 Å². The Kier molecular flexibility index (Phi) is 9.76. The van der Waals surface area contributed by atoms with E-state index in [1.165, 1.54) is 0 Å². The Morgan fingerprint density at radius 3 is 2.17 bits per heavy atom. The van der Waals surface area contributed by atoms with Crippen LogP contribution in [0.15, 0.2) is 72.8 Å². The van der Waals surface area contributed by atoms with E-state index in [0.717, 1.165) is 28.7 Å². The molecule has 1 N–H and O–H groups in total. The predicted molar refractivity (Wildman–Crippen MR) is 144 cm³/mol. The van der Waals surface area contributed by atoms with Crippen LogP contribution in [0.1, 0.15) is 42.5 Å². The molecule has 3 rings (SSSR count). The quantitative estimate of drug-likeness (QED) is 0.343. The van der Waals surface area contributed by atoms with Crippen molar-refractivity contribution in [1.82, 2.24) is 10.2 Å². The number of aryl methyl sites for hydroxylation is 1. The highest BCUT2D eigenvalue weighted by atomic mass is 35.5. The second kappa shape index (κ2) is 12.8. The fraction of sp³-hybridized carbons (Fsp3) is 0.310. The molecule has 0 radical (unpaired) electrons. The smallest absolute Gasteiger partial charge is 0.243 e. The summed E-state index contributed by atoms with van der Waals surface area (Å²) in [7, 11) is 0. The Balaban J connectivity index is 1.98. The van der Waals surface area contributed by atoms with Crippen molar-refractivity contribution in [2.75, 3.05) is 0 Å². The molecule has 35 heavy (non-hydrogen) atoms. The van der Waals surface area contributed by atoms with Crippen LogP contribution in [0.25, 0.3) is 0 Å². The van der Waals surface area contributed by atoms with Crippen LogP contribution in [0, 0.1) is 6.92 Å². The van der Waals surface area contributed by atoms with Gasteiger partial charge in [0.1, 0.15) is 6.04 Å². The minimum atomic E-state index is -0.682. The van der Waals surface area contributed by atoms with Crippen LogP contribution < -0.4 is 5.32 Å². The fourth-order valence-corrected chi connectivity index (χ4v) is 4.13. The number of amides is 2. The van der Waals surface area contributed by atoms with Crippen LogP contribution in [0.4, 0.5) is 0 Å². The fourth-order valence-electron chi connectivity index (χ4n) is 3.81. The lowest BCUT2D eigenvalue weighted by Crippen LogP contribution is -2.52. The number of benzene rings is 3. The summed E-state index contributed by atoms with van der Waals surface area (Å²) in [6.07, 6.45) is 1.40. The van der Waals surface area contributed by atoms with E-state index in [4.69, 9.17) is 23.2 Å². The normalized spacial score (nSPS) is 12.6. The van der Waals surface area contributed by atoms with Crippen molar-refractivity contribution in [2.45, 2.75) is 58.7 Å². The summed E-state index contributed by atoms with van der Waals surface area (Å²) >= 11 is 12.4. The molecule has 0 bridgehead atoms. The summed E-state index contributed by atoms with van der Waals surface area (Å²) in [5.41, 5.74) is 3.83. The zero-order chi connectivity index (χ0) is 25.4. The molecule has 0 aliphatic heterocycles. The van der Waals surface area contributed by atoms with Crippen molar-refractivity contribution < 1.29 is 9.59 Å². The molecule has 0 aliphatic rings. The Labute approximate surface area is 218 Å². The number of carbonyl (C=O) groups excluding carboxylic acids is 2. The summed E-state index contributed by atoms with van der Waals surface area (Å²) in [4.78, 5) is 28.9. The summed E-state index contributed by atoms with van der Waals surface area (Å²) in [6.45, 7) is 6.24. The minimum absolute atomic E-state index is 0.000185. The van der Waals surface area contributed by atoms with E-state index >= 15 is 0 Å². The highest BCUT2D eigenvalue weighted by Gasteiger charge is 2.31. The third-order valence-corrected chi connectivity index (χ3v) is 6.82. The van der Waals surface area contributed by atoms with Crippen molar-refractivity contribution in [1.29, 1.82) is 0 Å². The van der Waals surface area contributed by atoms with E-state index in [0.29, 0.717) is 16.5 Å². The van der Waals surface area contributed by atoms with Crippen molar-refractivity contribution in [3.8, 4) is 0 Å². The molecule has 2 amide bonds. The van der Waals surface area contributed by atoms with Gasteiger partial charge in [0.25, 0.3) is 0 Å². The van der Waals surface area contributed by atoms with Crippen LogP contribution in [-0.2, 0) is 29.0 Å². The third-order valence-electron chi connectivity index (χ3n) is 6.09. The largest absolute Gasteiger partial charge is 0.352 e. The van der Waals surface area contributed by atoms with E-state index in [1.807, 2.05) is 81.4 Å². The molecule has 0 unspecified atom stereocenters. The van der Waals surface area contributed by atoms with Crippen LogP contribution >= 0.6 is 23.2 Å². The molecule has 0 heterocycles. The van der Waals surface area contributed by atoms with Gasteiger partial charge in [-0.05, 0) is 49.1 Å². The number of nitrogens with zero attached hydrogens (tertiary/aromatic N) is 1. The topological polar surface area (TPSA) is 49.4 Å². The average molecular weight is 511 g/mol. The van der Waals surface area contributed by atoms with Crippen LogP contribution in [0.5, 0.6) is 0 Å². The summed E-state index contributed by atoms with van der Waals surface area (Å²) < 4.78 is 0. The van der Waals surface area contributed by atoms with Crippen LogP contribution in [-0.4, -0.2) is 28.8 Å². The first-order chi connectivity index (χ1) is 16.8. The lowest BCUT2D eigenvalue weighted by Gasteiger charge is -2.32. The van der Waals surface area contributed by atoms with Crippen LogP contribution in [0.3, 0.4) is 0 Å². The Morgan fingerprint density at radius 2 is 1.54 bits per heavy atom. The van der Waals surface area contributed by atoms with Gasteiger partial charge in [-0.15, -0.1) is 0 Å². The SMILES string of the molecule is CC[C@@H](C)NC(=O)[C@H](Cc1ccccc1)N(Cc1ccc(Cl)c(Cl)c1)C(=O)Cc1ccc(C)cc1. The van der Waals surface area contributed by atoms with E-state index in [1.54, 1.807) is 17.0 Å². The highest BCUT2D eigenvalue weighted by Crippen LogP contribution is 2.25. The molecule has 0 saturated carbocycles. The van der Waals surface area contributed by atoms with Gasteiger partial charge in [-0.2, -0.15) is 0 Å². The Morgan fingerprint density at radius 1 is 0.886 bits per heavy atom. The van der Waals surface area contributed by atoms with Gasteiger partial charge in [0.15, 0.2) is 0 Å². The van der Waals surface area contributed by atoms with E-state index in [2.05, 4.69) is 5.32 Å². The van der Waals surface area contributed by atoms with E-state index in [-0.39, 0.29) is 30.8 Å². The number of carbonyl (C=O) groups is 2. The first-order valence-electron chi connectivity index (χ1n) is 11.9. The van der Waals surface area contributed by atoms with Crippen molar-refractivity contribution in [3.63, 3.8) is 0 Å². The van der Waals surface area contributed by atoms with E-state index in [9.17, 15) is 9.59 Å². The maximum Gasteiger partial charge on any atom is 0.243 e. The highest BCUT2D eigenvalue weighted by molar-refractivity contribution is 6.42. The maximum atomic E-state index is 13.7. The molecule has 2 atom stereocenters. The van der Waals surface area contributed by atoms with Gasteiger partial charge < -0.3 is 10.2 Å². The third kappa shape index (κ3) is 7.84. The lowest BCUT2D eigenvalue weighted by molar-refractivity contribution is -0.141. The standard InChI is InChI=1S/C29H32Cl2N2O2/c1-4-21(3)32-29(35)27(17-22-8-6-5-7-9-22)33(19-24-14-15-25(30)26(31)16-24)28(34)18-23-12-10-20(2)11-13-23/h5-16,21,27H,4,17-19H2,1-3H3,(H,32,35)/t21-,27+/m1/s1. The number of hydrogen-bond donors (Lipinski definition) is 1. The second-order valence-electron chi connectivity index (χ2n) is 8.96. The van der Waals surface area contributed by atoms with Gasteiger partial charge in [-0.25, -0.2) is 0 Å². The maximum absolute atomic E-state index is 13.7. The van der Waals surface area contributed by atoms with E-state index < -0.39 is 6.04 Å². The first-order valence-corrected chi connectivity index (χ1v) is 12.7. The molecule has 0 aliphatic carbocycles. The van der Waals surface area contributed by atoms with Gasteiger partial charge in [0.05, 0.1) is 16.5 Å². The number of halogens is 2. The van der Waals surface area contributed by atoms with Gasteiger partial charge in [0, 0.05) is 19.0 Å². The minimum Gasteiger partial charge on any atom is -0.352 e. The molecular formula is C29H32Cl2N2O2. The molecular weight excluding hydrogens is 479 g/mol. The van der Waals surface area contributed by atoms with Gasteiger partial charge in [-0.3, -0.25) is 9.59 Å². The Bertz CT molecular complexity index is 1130. The number of hydrogen-bond acceptors (Lipinski definition) is 2.